The van der Waals surface area contributed by atoms with Gasteiger partial charge in [-0.25, -0.2) is 17.8 Å². The number of nitrogens with zero attached hydrogens (tertiary/aromatic N) is 2. The van der Waals surface area contributed by atoms with E-state index in [9.17, 15) is 22.7 Å². The van der Waals surface area contributed by atoms with Crippen molar-refractivity contribution >= 4 is 38.8 Å². The normalized spacial score (nSPS) is 14.2. The molecule has 0 saturated heterocycles. The molecule has 4 aromatic heterocycles. The van der Waals surface area contributed by atoms with E-state index < -0.39 is 33.2 Å². The molecule has 1 aromatic carbocycles. The molecular weight excluding hydrogens is 561 g/mol. The Balaban J connectivity index is 1.26. The number of halogens is 1. The number of sulfonamides is 1. The van der Waals surface area contributed by atoms with E-state index in [1.807, 2.05) is 0 Å². The van der Waals surface area contributed by atoms with Gasteiger partial charge in [-0.05, 0) is 60.7 Å². The summed E-state index contributed by atoms with van der Waals surface area (Å²) in [7, 11) is -2.95. The molecule has 202 valence electrons. The number of aliphatic hydroxyl groups excluding tert-OH is 1. The molecule has 6 rings (SSSR count). The number of furan rings is 2. The minimum absolute atomic E-state index is 0.0284. The van der Waals surface area contributed by atoms with Gasteiger partial charge < -0.3 is 24.0 Å². The molecule has 0 bridgehead atoms. The van der Waals surface area contributed by atoms with Crippen LogP contribution in [0.25, 0.3) is 27.9 Å². The van der Waals surface area contributed by atoms with Crippen molar-refractivity contribution in [2.75, 3.05) is 12.4 Å². The standard InChI is InChI=1S/C27H18FN3O7S2/c1-31-24(25(32)26-21(40(31,34)35)14-20(39-26)19-5-3-13-36-19)27(33)30-22-6-2-4-17(29-22)18-11-12-23(38-18)37-16-9-7-15(28)8-10-16/h2-14,32H,1H3,(H,29,30,33). The van der Waals surface area contributed by atoms with Crippen molar-refractivity contribution in [3.05, 3.63) is 95.5 Å². The van der Waals surface area contributed by atoms with Crippen molar-refractivity contribution in [2.24, 2.45) is 0 Å². The molecular formula is C27H18FN3O7S2. The number of carbonyl (C=O) groups excluding carboxylic acids is 1. The molecule has 5 aromatic rings. The number of benzene rings is 1. The molecule has 5 heterocycles. The maximum absolute atomic E-state index is 13.2. The number of thiophene rings is 1. The first-order valence-corrected chi connectivity index (χ1v) is 13.9. The fourth-order valence-electron chi connectivity index (χ4n) is 3.99. The van der Waals surface area contributed by atoms with Gasteiger partial charge in [-0.15, -0.1) is 11.3 Å². The number of nitrogens with one attached hydrogen (secondary N) is 1. The Morgan fingerprint density at radius 3 is 2.62 bits per heavy atom. The van der Waals surface area contributed by atoms with E-state index in [-0.39, 0.29) is 21.5 Å². The zero-order valence-electron chi connectivity index (χ0n) is 20.5. The fourth-order valence-corrected chi connectivity index (χ4v) is 6.78. The Labute approximate surface area is 230 Å². The second kappa shape index (κ2) is 9.70. The van der Waals surface area contributed by atoms with Gasteiger partial charge in [0, 0.05) is 13.1 Å². The molecule has 2 N–H and O–H groups in total. The van der Waals surface area contributed by atoms with Gasteiger partial charge >= 0.3 is 0 Å². The molecule has 1 aliphatic rings. The molecule has 40 heavy (non-hydrogen) atoms. The number of rotatable bonds is 6. The smallest absolute Gasteiger partial charge is 0.290 e. The minimum atomic E-state index is -4.13. The lowest BCUT2D eigenvalue weighted by molar-refractivity contribution is -0.113. The number of likely N-dealkylation sites (N-methyl/N-ethyl adjacent to an activating group) is 1. The van der Waals surface area contributed by atoms with E-state index >= 15 is 0 Å². The second-order valence-corrected chi connectivity index (χ2v) is 11.5. The second-order valence-electron chi connectivity index (χ2n) is 8.49. The highest BCUT2D eigenvalue weighted by Gasteiger charge is 2.40. The van der Waals surface area contributed by atoms with Gasteiger partial charge in [0.1, 0.15) is 33.7 Å². The topological polar surface area (TPSA) is 135 Å². The van der Waals surface area contributed by atoms with Crippen LogP contribution in [0.15, 0.2) is 98.5 Å². The van der Waals surface area contributed by atoms with Gasteiger partial charge in [0.15, 0.2) is 17.2 Å². The number of amides is 1. The number of hydrogen-bond acceptors (Lipinski definition) is 9. The van der Waals surface area contributed by atoms with Crippen LogP contribution in [0.1, 0.15) is 4.88 Å². The number of pyridine rings is 1. The molecule has 0 fully saturated rings. The molecule has 0 atom stereocenters. The van der Waals surface area contributed by atoms with Crippen LogP contribution in [-0.2, 0) is 14.8 Å². The Bertz CT molecular complexity index is 1870. The van der Waals surface area contributed by atoms with Crippen LogP contribution in [0.4, 0.5) is 10.2 Å². The predicted octanol–water partition coefficient (Wildman–Crippen LogP) is 6.09. The summed E-state index contributed by atoms with van der Waals surface area (Å²) in [6.07, 6.45) is 1.45. The van der Waals surface area contributed by atoms with E-state index in [1.165, 1.54) is 49.7 Å². The van der Waals surface area contributed by atoms with Crippen molar-refractivity contribution < 1.29 is 36.3 Å². The fraction of sp³-hybridized carbons (Fsp3) is 0.0370. The van der Waals surface area contributed by atoms with Crippen molar-refractivity contribution in [1.82, 2.24) is 9.29 Å². The van der Waals surface area contributed by atoms with Gasteiger partial charge in [-0.1, -0.05) is 6.07 Å². The zero-order chi connectivity index (χ0) is 28.0. The highest BCUT2D eigenvalue weighted by molar-refractivity contribution is 7.89. The van der Waals surface area contributed by atoms with E-state index in [2.05, 4.69) is 10.3 Å². The number of aliphatic hydroxyl groups is 1. The summed E-state index contributed by atoms with van der Waals surface area (Å²) in [6, 6.07) is 18.1. The molecule has 1 amide bonds. The summed E-state index contributed by atoms with van der Waals surface area (Å²) < 4.78 is 56.9. The molecule has 0 radical (unpaired) electrons. The summed E-state index contributed by atoms with van der Waals surface area (Å²) in [5.74, 6) is -0.416. The third kappa shape index (κ3) is 4.50. The van der Waals surface area contributed by atoms with Gasteiger partial charge in [0.2, 0.25) is 0 Å². The van der Waals surface area contributed by atoms with Crippen molar-refractivity contribution in [1.29, 1.82) is 0 Å². The van der Waals surface area contributed by atoms with Crippen LogP contribution < -0.4 is 10.1 Å². The lowest BCUT2D eigenvalue weighted by Crippen LogP contribution is -2.36. The minimum Gasteiger partial charge on any atom is -0.504 e. The SMILES string of the molecule is CN1C(C(=O)Nc2cccc(-c3ccc(Oc4ccc(F)cc4)o3)n2)=C(O)c2sc(-c3ccco3)cc2S1(=O)=O. The van der Waals surface area contributed by atoms with Gasteiger partial charge in [0.25, 0.3) is 21.9 Å². The van der Waals surface area contributed by atoms with Crippen molar-refractivity contribution in [3.8, 4) is 33.8 Å². The summed E-state index contributed by atoms with van der Waals surface area (Å²) in [5.41, 5.74) is -0.112. The Kier molecular flexibility index (Phi) is 6.16. The van der Waals surface area contributed by atoms with Crippen molar-refractivity contribution in [2.45, 2.75) is 4.90 Å². The summed E-state index contributed by atoms with van der Waals surface area (Å²) in [5, 5.41) is 13.5. The van der Waals surface area contributed by atoms with Crippen LogP contribution in [-0.4, -0.2) is 35.8 Å². The van der Waals surface area contributed by atoms with E-state index in [0.717, 1.165) is 15.6 Å². The van der Waals surface area contributed by atoms with Crippen LogP contribution in [0, 0.1) is 5.82 Å². The van der Waals surface area contributed by atoms with E-state index in [0.29, 0.717) is 27.8 Å². The predicted molar refractivity (Wildman–Crippen MR) is 144 cm³/mol. The zero-order valence-corrected chi connectivity index (χ0v) is 22.1. The number of aromatic nitrogens is 1. The summed E-state index contributed by atoms with van der Waals surface area (Å²) in [6.45, 7) is 0. The first-order chi connectivity index (χ1) is 19.2. The summed E-state index contributed by atoms with van der Waals surface area (Å²) in [4.78, 5) is 18.0. The quantitative estimate of drug-likeness (QED) is 0.247. The van der Waals surface area contributed by atoms with Gasteiger partial charge in [0.05, 0.1) is 16.0 Å². The first kappa shape index (κ1) is 25.4. The maximum atomic E-state index is 13.2. The molecule has 13 heteroatoms. The Morgan fingerprint density at radius 2 is 1.88 bits per heavy atom. The summed E-state index contributed by atoms with van der Waals surface area (Å²) >= 11 is 0.990. The number of ether oxygens (including phenoxy) is 1. The van der Waals surface area contributed by atoms with Gasteiger partial charge in [-0.2, -0.15) is 0 Å². The average Bonchev–Trinajstić information content (AvgIpc) is 3.70. The number of carbonyl (C=O) groups is 1. The highest BCUT2D eigenvalue weighted by atomic mass is 32.2. The van der Waals surface area contributed by atoms with Crippen LogP contribution in [0.5, 0.6) is 11.7 Å². The van der Waals surface area contributed by atoms with Crippen LogP contribution in [0.3, 0.4) is 0 Å². The third-order valence-electron chi connectivity index (χ3n) is 5.93. The Hall–Kier alpha value is -4.88. The van der Waals surface area contributed by atoms with E-state index in [4.69, 9.17) is 13.6 Å². The number of hydrogen-bond donors (Lipinski definition) is 2. The maximum Gasteiger partial charge on any atom is 0.290 e. The van der Waals surface area contributed by atoms with Gasteiger partial charge in [-0.3, -0.25) is 9.10 Å². The third-order valence-corrected chi connectivity index (χ3v) is 8.99. The molecule has 0 saturated carbocycles. The van der Waals surface area contributed by atoms with Crippen LogP contribution >= 0.6 is 11.3 Å². The molecule has 0 spiro atoms. The number of fused-ring (bicyclic) bond motifs is 1. The molecule has 0 unspecified atom stereocenters. The van der Waals surface area contributed by atoms with Crippen molar-refractivity contribution in [3.63, 3.8) is 0 Å². The lowest BCUT2D eigenvalue weighted by Gasteiger charge is -2.26. The molecule has 1 aliphatic heterocycles. The van der Waals surface area contributed by atoms with E-state index in [1.54, 1.807) is 36.4 Å². The molecule has 10 nitrogen and oxygen atoms in total. The Morgan fingerprint density at radius 1 is 1.07 bits per heavy atom. The lowest BCUT2D eigenvalue weighted by atomic mass is 10.2. The number of anilines is 1. The van der Waals surface area contributed by atoms with Crippen LogP contribution in [0.2, 0.25) is 0 Å². The first-order valence-electron chi connectivity index (χ1n) is 11.6. The monoisotopic (exact) mass is 579 g/mol. The largest absolute Gasteiger partial charge is 0.504 e. The molecule has 0 aliphatic carbocycles. The highest BCUT2D eigenvalue weighted by Crippen LogP contribution is 2.43. The average molecular weight is 580 g/mol.